The summed E-state index contributed by atoms with van der Waals surface area (Å²) >= 11 is 0. The van der Waals surface area contributed by atoms with Crippen molar-refractivity contribution in [3.63, 3.8) is 0 Å². The molecule has 0 spiro atoms. The number of hydrogen-bond acceptors (Lipinski definition) is 3. The number of ether oxygens (including phenoxy) is 2. The van der Waals surface area contributed by atoms with Crippen LogP contribution >= 0.6 is 0 Å². The van der Waals surface area contributed by atoms with E-state index in [1.54, 1.807) is 0 Å². The molecule has 0 N–H and O–H groups in total. The summed E-state index contributed by atoms with van der Waals surface area (Å²) in [6.07, 6.45) is 0.916. The molecule has 0 radical (unpaired) electrons. The van der Waals surface area contributed by atoms with Gasteiger partial charge in [0, 0.05) is 12.2 Å². The van der Waals surface area contributed by atoms with Crippen LogP contribution in [0, 0.1) is 0 Å². The van der Waals surface area contributed by atoms with E-state index in [-0.39, 0.29) is 12.7 Å². The molecule has 0 fully saturated rings. The lowest BCUT2D eigenvalue weighted by molar-refractivity contribution is -0.122. The zero-order chi connectivity index (χ0) is 16.0. The Morgan fingerprint density at radius 2 is 1.87 bits per heavy atom. The summed E-state index contributed by atoms with van der Waals surface area (Å²) in [7, 11) is 0. The Labute approximate surface area is 135 Å². The van der Waals surface area contributed by atoms with Gasteiger partial charge in [-0.25, -0.2) is 0 Å². The summed E-state index contributed by atoms with van der Waals surface area (Å²) in [5, 5.41) is 0. The fourth-order valence-corrected chi connectivity index (χ4v) is 3.30. The number of rotatable bonds is 2. The number of fused-ring (bicyclic) bond motifs is 2. The predicted molar refractivity (Wildman–Crippen MR) is 88.1 cm³/mol. The van der Waals surface area contributed by atoms with Gasteiger partial charge in [0.1, 0.15) is 0 Å². The van der Waals surface area contributed by atoms with Gasteiger partial charge in [-0.15, -0.1) is 0 Å². The molecule has 4 rings (SSSR count). The molecule has 4 heteroatoms. The van der Waals surface area contributed by atoms with Crippen LogP contribution in [0.3, 0.4) is 0 Å². The third kappa shape index (κ3) is 2.17. The molecule has 2 aliphatic rings. The molecule has 0 bridgehead atoms. The number of nitrogens with zero attached hydrogens (tertiary/aromatic N) is 1. The van der Waals surface area contributed by atoms with Gasteiger partial charge in [-0.1, -0.05) is 24.3 Å². The van der Waals surface area contributed by atoms with Crippen molar-refractivity contribution >= 4 is 11.6 Å². The lowest BCUT2D eigenvalue weighted by Gasteiger charge is -2.30. The summed E-state index contributed by atoms with van der Waals surface area (Å²) < 4.78 is 10.8. The van der Waals surface area contributed by atoms with Gasteiger partial charge in [0.2, 0.25) is 12.7 Å². The molecule has 0 unspecified atom stereocenters. The first kappa shape index (κ1) is 14.1. The standard InChI is InChI=1S/C19H19NO3/c1-19(2,14-7-8-16-17(11-14)23-12-22-16)18(21)20-10-9-13-5-3-4-6-15(13)20/h3-8,11H,9-10,12H2,1-2H3. The van der Waals surface area contributed by atoms with Crippen molar-refractivity contribution in [1.82, 2.24) is 0 Å². The predicted octanol–water partition coefficient (Wildman–Crippen LogP) is 3.28. The maximum absolute atomic E-state index is 13.2. The van der Waals surface area contributed by atoms with Gasteiger partial charge >= 0.3 is 0 Å². The van der Waals surface area contributed by atoms with Crippen LogP contribution in [0.25, 0.3) is 0 Å². The molecule has 2 aromatic rings. The Morgan fingerprint density at radius 3 is 2.74 bits per heavy atom. The largest absolute Gasteiger partial charge is 0.454 e. The highest BCUT2D eigenvalue weighted by molar-refractivity contribution is 6.02. The van der Waals surface area contributed by atoms with Crippen LogP contribution in [0.5, 0.6) is 11.5 Å². The van der Waals surface area contributed by atoms with Crippen molar-refractivity contribution in [2.45, 2.75) is 25.7 Å². The highest BCUT2D eigenvalue weighted by atomic mass is 16.7. The molecular formula is C19H19NO3. The van der Waals surface area contributed by atoms with Gasteiger partial charge in [0.05, 0.1) is 5.41 Å². The second-order valence-corrected chi connectivity index (χ2v) is 6.53. The van der Waals surface area contributed by atoms with Crippen LogP contribution in [0.1, 0.15) is 25.0 Å². The van der Waals surface area contributed by atoms with Gasteiger partial charge < -0.3 is 14.4 Å². The SMILES string of the molecule is CC(C)(C(=O)N1CCc2ccccc21)c1ccc2c(c1)OCO2. The topological polar surface area (TPSA) is 38.8 Å². The van der Waals surface area contributed by atoms with Crippen molar-refractivity contribution in [2.75, 3.05) is 18.2 Å². The first-order chi connectivity index (χ1) is 11.1. The third-order valence-electron chi connectivity index (χ3n) is 4.76. The lowest BCUT2D eigenvalue weighted by atomic mass is 9.83. The van der Waals surface area contributed by atoms with E-state index < -0.39 is 5.41 Å². The number of anilines is 1. The van der Waals surface area contributed by atoms with Gasteiger partial charge in [0.25, 0.3) is 0 Å². The summed E-state index contributed by atoms with van der Waals surface area (Å²) in [4.78, 5) is 15.1. The second-order valence-electron chi connectivity index (χ2n) is 6.53. The van der Waals surface area contributed by atoms with E-state index >= 15 is 0 Å². The van der Waals surface area contributed by atoms with E-state index in [0.29, 0.717) is 5.75 Å². The Kier molecular flexibility index (Phi) is 3.08. The first-order valence-corrected chi connectivity index (χ1v) is 7.87. The molecule has 2 aliphatic heterocycles. The normalized spacial score (nSPS) is 15.7. The highest BCUT2D eigenvalue weighted by Gasteiger charge is 2.37. The van der Waals surface area contributed by atoms with Crippen LogP contribution in [0.15, 0.2) is 42.5 Å². The van der Waals surface area contributed by atoms with E-state index in [0.717, 1.165) is 30.0 Å². The Hall–Kier alpha value is -2.49. The Bertz CT molecular complexity index is 782. The second kappa shape index (κ2) is 5.01. The third-order valence-corrected chi connectivity index (χ3v) is 4.76. The lowest BCUT2D eigenvalue weighted by Crippen LogP contribution is -2.42. The van der Waals surface area contributed by atoms with Gasteiger partial charge in [-0.3, -0.25) is 4.79 Å². The van der Waals surface area contributed by atoms with Crippen LogP contribution in [-0.4, -0.2) is 19.2 Å². The maximum atomic E-state index is 13.2. The van der Waals surface area contributed by atoms with Crippen LogP contribution in [-0.2, 0) is 16.6 Å². The molecule has 2 aromatic carbocycles. The molecule has 0 aliphatic carbocycles. The number of amides is 1. The molecule has 0 aromatic heterocycles. The van der Waals surface area contributed by atoms with Crippen LogP contribution < -0.4 is 14.4 Å². The first-order valence-electron chi connectivity index (χ1n) is 7.87. The molecule has 1 amide bonds. The molecular weight excluding hydrogens is 290 g/mol. The van der Waals surface area contributed by atoms with Gasteiger partial charge in [0.15, 0.2) is 11.5 Å². The number of benzene rings is 2. The summed E-state index contributed by atoms with van der Waals surface area (Å²) in [6, 6.07) is 13.9. The van der Waals surface area contributed by atoms with E-state index in [1.807, 2.05) is 55.1 Å². The quantitative estimate of drug-likeness (QED) is 0.854. The van der Waals surface area contributed by atoms with Crippen molar-refractivity contribution in [3.05, 3.63) is 53.6 Å². The number of carbonyl (C=O) groups is 1. The molecule has 0 atom stereocenters. The van der Waals surface area contributed by atoms with Crippen molar-refractivity contribution < 1.29 is 14.3 Å². The zero-order valence-electron chi connectivity index (χ0n) is 13.3. The monoisotopic (exact) mass is 309 g/mol. The molecule has 0 saturated carbocycles. The fraction of sp³-hybridized carbons (Fsp3) is 0.316. The van der Waals surface area contributed by atoms with Gasteiger partial charge in [-0.2, -0.15) is 0 Å². The summed E-state index contributed by atoms with van der Waals surface area (Å²) in [6.45, 7) is 4.92. The van der Waals surface area contributed by atoms with Crippen molar-refractivity contribution in [2.24, 2.45) is 0 Å². The average Bonchev–Trinajstić information content (AvgIpc) is 3.20. The maximum Gasteiger partial charge on any atom is 0.237 e. The van der Waals surface area contributed by atoms with E-state index in [2.05, 4.69) is 6.07 Å². The van der Waals surface area contributed by atoms with E-state index in [9.17, 15) is 4.79 Å². The van der Waals surface area contributed by atoms with E-state index in [1.165, 1.54) is 5.56 Å². The summed E-state index contributed by atoms with van der Waals surface area (Å²) in [5.41, 5.74) is 2.59. The molecule has 118 valence electrons. The molecule has 0 saturated heterocycles. The van der Waals surface area contributed by atoms with Crippen molar-refractivity contribution in [1.29, 1.82) is 0 Å². The number of para-hydroxylation sites is 1. The average molecular weight is 309 g/mol. The molecule has 2 heterocycles. The van der Waals surface area contributed by atoms with Crippen LogP contribution in [0.4, 0.5) is 5.69 Å². The number of hydrogen-bond donors (Lipinski definition) is 0. The van der Waals surface area contributed by atoms with Gasteiger partial charge in [-0.05, 0) is 49.6 Å². The Balaban J connectivity index is 1.68. The van der Waals surface area contributed by atoms with Crippen molar-refractivity contribution in [3.8, 4) is 11.5 Å². The molecule has 4 nitrogen and oxygen atoms in total. The summed E-state index contributed by atoms with van der Waals surface area (Å²) in [5.74, 6) is 1.56. The highest BCUT2D eigenvalue weighted by Crippen LogP contribution is 2.38. The minimum atomic E-state index is -0.627. The molecule has 23 heavy (non-hydrogen) atoms. The van der Waals surface area contributed by atoms with E-state index in [4.69, 9.17) is 9.47 Å². The zero-order valence-corrected chi connectivity index (χ0v) is 13.3. The van der Waals surface area contributed by atoms with Crippen LogP contribution in [0.2, 0.25) is 0 Å². The minimum Gasteiger partial charge on any atom is -0.454 e. The smallest absolute Gasteiger partial charge is 0.237 e. The number of carbonyl (C=O) groups excluding carboxylic acids is 1. The Morgan fingerprint density at radius 1 is 1.09 bits per heavy atom. The fourth-order valence-electron chi connectivity index (χ4n) is 3.30. The minimum absolute atomic E-state index is 0.112.